The number of nitrogens with two attached hydrogens (primary N) is 1. The van der Waals surface area contributed by atoms with Crippen molar-refractivity contribution in [3.05, 3.63) is 11.3 Å². The van der Waals surface area contributed by atoms with E-state index in [1.54, 1.807) is 6.92 Å². The number of rotatable bonds is 5. The number of hydrogen-bond donors (Lipinski definition) is 2. The first kappa shape index (κ1) is 14.1. The van der Waals surface area contributed by atoms with Crippen LogP contribution in [0.4, 0.5) is 0 Å². The Hall–Kier alpha value is -0.920. The van der Waals surface area contributed by atoms with E-state index in [1.807, 2.05) is 0 Å². The number of aliphatic hydroxyl groups is 1. The standard InChI is InChI=1S/C8H17N3O3S/c1-7(8(9)4-5-12)6-10-15(13,14)11(2)3/h6,12H,4-5,9H2,1-3H3. The van der Waals surface area contributed by atoms with Crippen LogP contribution in [0.1, 0.15) is 13.3 Å². The highest BCUT2D eigenvalue weighted by Gasteiger charge is 2.09. The van der Waals surface area contributed by atoms with Gasteiger partial charge in [0.25, 0.3) is 0 Å². The fourth-order valence-electron chi connectivity index (χ4n) is 0.640. The van der Waals surface area contributed by atoms with Gasteiger partial charge in [0.15, 0.2) is 0 Å². The van der Waals surface area contributed by atoms with E-state index >= 15 is 0 Å². The van der Waals surface area contributed by atoms with Crippen LogP contribution in [-0.4, -0.2) is 44.7 Å². The minimum Gasteiger partial charge on any atom is -0.402 e. The van der Waals surface area contributed by atoms with Crippen molar-refractivity contribution in [2.45, 2.75) is 13.3 Å². The van der Waals surface area contributed by atoms with E-state index in [1.165, 1.54) is 20.3 Å². The molecule has 0 aromatic heterocycles. The fraction of sp³-hybridized carbons (Fsp3) is 0.625. The van der Waals surface area contributed by atoms with Crippen molar-refractivity contribution < 1.29 is 13.5 Å². The zero-order valence-corrected chi connectivity index (χ0v) is 9.95. The van der Waals surface area contributed by atoms with Gasteiger partial charge in [-0.05, 0) is 12.5 Å². The van der Waals surface area contributed by atoms with Gasteiger partial charge in [-0.25, -0.2) is 0 Å². The van der Waals surface area contributed by atoms with Crippen LogP contribution >= 0.6 is 0 Å². The molecule has 0 atom stereocenters. The van der Waals surface area contributed by atoms with Gasteiger partial charge in [0, 0.05) is 39.0 Å². The predicted molar refractivity (Wildman–Crippen MR) is 59.7 cm³/mol. The van der Waals surface area contributed by atoms with Crippen LogP contribution < -0.4 is 5.73 Å². The molecule has 0 saturated heterocycles. The summed E-state index contributed by atoms with van der Waals surface area (Å²) in [5.41, 5.74) is 6.52. The second-order valence-corrected chi connectivity index (χ2v) is 5.01. The molecule has 15 heavy (non-hydrogen) atoms. The molecule has 0 unspecified atom stereocenters. The van der Waals surface area contributed by atoms with Gasteiger partial charge in [0.2, 0.25) is 0 Å². The summed E-state index contributed by atoms with van der Waals surface area (Å²) in [7, 11) is -0.808. The maximum Gasteiger partial charge on any atom is 0.321 e. The highest BCUT2D eigenvalue weighted by atomic mass is 32.2. The second-order valence-electron chi connectivity index (χ2n) is 3.18. The van der Waals surface area contributed by atoms with Gasteiger partial charge in [-0.1, -0.05) is 0 Å². The molecule has 88 valence electrons. The Bertz CT molecular complexity index is 357. The van der Waals surface area contributed by atoms with Crippen LogP contribution in [0.3, 0.4) is 0 Å². The normalized spacial score (nSPS) is 14.7. The van der Waals surface area contributed by atoms with Crippen LogP contribution in [-0.2, 0) is 10.2 Å². The summed E-state index contributed by atoms with van der Waals surface area (Å²) in [6.45, 7) is 1.57. The van der Waals surface area contributed by atoms with E-state index in [9.17, 15) is 8.42 Å². The van der Waals surface area contributed by atoms with Crippen LogP contribution in [0.15, 0.2) is 15.7 Å². The Morgan fingerprint density at radius 1 is 1.53 bits per heavy atom. The average molecular weight is 235 g/mol. The lowest BCUT2D eigenvalue weighted by Crippen LogP contribution is -2.19. The van der Waals surface area contributed by atoms with Gasteiger partial charge < -0.3 is 10.8 Å². The molecule has 0 aromatic rings. The van der Waals surface area contributed by atoms with Gasteiger partial charge in [-0.15, -0.1) is 0 Å². The molecule has 0 aromatic carbocycles. The first-order valence-electron chi connectivity index (χ1n) is 4.35. The first-order valence-corrected chi connectivity index (χ1v) is 5.75. The zero-order chi connectivity index (χ0) is 12.1. The minimum absolute atomic E-state index is 0.0720. The Balaban J connectivity index is 4.75. The summed E-state index contributed by atoms with van der Waals surface area (Å²) in [6, 6.07) is 0. The molecule has 0 amide bonds. The average Bonchev–Trinajstić information content (AvgIpc) is 2.14. The summed E-state index contributed by atoms with van der Waals surface area (Å²) in [5.74, 6) is 0. The van der Waals surface area contributed by atoms with Crippen molar-refractivity contribution in [2.24, 2.45) is 10.1 Å². The molecule has 0 aliphatic carbocycles. The molecule has 0 aliphatic rings. The number of hydrogen-bond acceptors (Lipinski definition) is 4. The third-order valence-corrected chi connectivity index (χ3v) is 3.02. The summed E-state index contributed by atoms with van der Waals surface area (Å²) in [4.78, 5) is 0. The smallest absolute Gasteiger partial charge is 0.321 e. The lowest BCUT2D eigenvalue weighted by Gasteiger charge is -2.05. The maximum atomic E-state index is 11.2. The largest absolute Gasteiger partial charge is 0.402 e. The van der Waals surface area contributed by atoms with Crippen molar-refractivity contribution in [3.8, 4) is 0 Å². The van der Waals surface area contributed by atoms with E-state index in [-0.39, 0.29) is 6.61 Å². The topological polar surface area (TPSA) is 96.0 Å². The highest BCUT2D eigenvalue weighted by molar-refractivity contribution is 7.87. The quantitative estimate of drug-likeness (QED) is 0.627. The molecule has 0 saturated carbocycles. The lowest BCUT2D eigenvalue weighted by molar-refractivity contribution is 0.298. The fourth-order valence-corrected chi connectivity index (χ4v) is 1.12. The van der Waals surface area contributed by atoms with Gasteiger partial charge in [0.1, 0.15) is 0 Å². The van der Waals surface area contributed by atoms with Crippen LogP contribution in [0.25, 0.3) is 0 Å². The molecule has 0 bridgehead atoms. The molecule has 6 nitrogen and oxygen atoms in total. The number of allylic oxidation sites excluding steroid dienone is 1. The monoisotopic (exact) mass is 235 g/mol. The number of nitrogens with zero attached hydrogens (tertiary/aromatic N) is 2. The molecule has 7 heteroatoms. The molecule has 0 fully saturated rings. The molecule has 0 rings (SSSR count). The predicted octanol–water partition coefficient (Wildman–Crippen LogP) is -0.521. The Kier molecular flexibility index (Phi) is 5.48. The van der Waals surface area contributed by atoms with Gasteiger partial charge in [0.05, 0.1) is 0 Å². The Morgan fingerprint density at radius 3 is 2.47 bits per heavy atom. The van der Waals surface area contributed by atoms with E-state index in [2.05, 4.69) is 4.40 Å². The van der Waals surface area contributed by atoms with E-state index in [4.69, 9.17) is 10.8 Å². The summed E-state index contributed by atoms with van der Waals surface area (Å²) in [5, 5.41) is 8.62. The van der Waals surface area contributed by atoms with Crippen LogP contribution in [0, 0.1) is 0 Å². The number of aliphatic hydroxyl groups excluding tert-OH is 1. The van der Waals surface area contributed by atoms with Gasteiger partial charge >= 0.3 is 10.2 Å². The van der Waals surface area contributed by atoms with Crippen LogP contribution in [0.5, 0.6) is 0 Å². The molecule has 0 spiro atoms. The lowest BCUT2D eigenvalue weighted by atomic mass is 10.2. The Labute approximate surface area is 90.3 Å². The van der Waals surface area contributed by atoms with E-state index in [0.29, 0.717) is 17.7 Å². The van der Waals surface area contributed by atoms with Crippen molar-refractivity contribution in [3.63, 3.8) is 0 Å². The van der Waals surface area contributed by atoms with Gasteiger partial charge in [-0.2, -0.15) is 17.1 Å². The van der Waals surface area contributed by atoms with E-state index < -0.39 is 10.2 Å². The Morgan fingerprint density at radius 2 is 2.07 bits per heavy atom. The van der Waals surface area contributed by atoms with E-state index in [0.717, 1.165) is 4.31 Å². The summed E-state index contributed by atoms with van der Waals surface area (Å²) >= 11 is 0. The first-order chi connectivity index (χ1) is 6.81. The van der Waals surface area contributed by atoms with Crippen molar-refractivity contribution in [2.75, 3.05) is 20.7 Å². The van der Waals surface area contributed by atoms with Crippen LogP contribution in [0.2, 0.25) is 0 Å². The second kappa shape index (κ2) is 5.84. The molecule has 0 radical (unpaired) electrons. The molecular formula is C8H17N3O3S. The molecule has 0 heterocycles. The molecule has 0 aliphatic heterocycles. The molecular weight excluding hydrogens is 218 g/mol. The van der Waals surface area contributed by atoms with Crippen molar-refractivity contribution in [1.29, 1.82) is 0 Å². The zero-order valence-electron chi connectivity index (χ0n) is 9.14. The SMILES string of the molecule is CC(C=NS(=O)(=O)N(C)C)=C(N)CCO. The van der Waals surface area contributed by atoms with Crippen molar-refractivity contribution >= 4 is 16.4 Å². The highest BCUT2D eigenvalue weighted by Crippen LogP contribution is 2.01. The third-order valence-electron chi connectivity index (χ3n) is 1.73. The molecule has 3 N–H and O–H groups in total. The summed E-state index contributed by atoms with van der Waals surface area (Å²) < 4.78 is 26.9. The maximum absolute atomic E-state index is 11.2. The van der Waals surface area contributed by atoms with Crippen molar-refractivity contribution in [1.82, 2.24) is 4.31 Å². The summed E-state index contributed by atoms with van der Waals surface area (Å²) in [6.07, 6.45) is 1.49. The third kappa shape index (κ3) is 4.91. The minimum atomic E-state index is -3.59. The van der Waals surface area contributed by atoms with Gasteiger partial charge in [-0.3, -0.25) is 0 Å².